The number of ether oxygens (including phenoxy) is 1. The number of methoxy groups -OCH3 is 1. The second-order valence-electron chi connectivity index (χ2n) is 4.95. The summed E-state index contributed by atoms with van der Waals surface area (Å²) in [6.07, 6.45) is 2.07. The lowest BCUT2D eigenvalue weighted by atomic mass is 9.96. The van der Waals surface area contributed by atoms with Crippen molar-refractivity contribution in [1.29, 1.82) is 0 Å². The lowest BCUT2D eigenvalue weighted by Gasteiger charge is -2.23. The highest BCUT2D eigenvalue weighted by Gasteiger charge is 2.18. The molecule has 2 atom stereocenters. The van der Waals surface area contributed by atoms with Crippen molar-refractivity contribution < 1.29 is 4.74 Å². The summed E-state index contributed by atoms with van der Waals surface area (Å²) in [4.78, 5) is 0. The lowest BCUT2D eigenvalue weighted by Crippen LogP contribution is -2.25. The van der Waals surface area contributed by atoms with E-state index >= 15 is 0 Å². The van der Waals surface area contributed by atoms with Gasteiger partial charge in [-0.1, -0.05) is 49.2 Å². The Morgan fingerprint density at radius 2 is 2.05 bits per heavy atom. The van der Waals surface area contributed by atoms with Gasteiger partial charge in [0.25, 0.3) is 0 Å². The van der Waals surface area contributed by atoms with Crippen LogP contribution < -0.4 is 5.32 Å². The summed E-state index contributed by atoms with van der Waals surface area (Å²) in [5.74, 6) is 0.467. The molecule has 0 saturated carbocycles. The van der Waals surface area contributed by atoms with E-state index < -0.39 is 0 Å². The molecule has 0 saturated heterocycles. The standard InChI is InChI=1S/C15H23Cl2NO/c1-4-8-18-14(9-11(2)10-19-3)12-6-5-7-13(16)15(12)17/h5-7,11,14,18H,4,8-10H2,1-3H3. The van der Waals surface area contributed by atoms with Gasteiger partial charge in [-0.25, -0.2) is 0 Å². The van der Waals surface area contributed by atoms with Gasteiger partial charge in [0.1, 0.15) is 0 Å². The van der Waals surface area contributed by atoms with Crippen molar-refractivity contribution in [3.8, 4) is 0 Å². The van der Waals surface area contributed by atoms with Gasteiger partial charge < -0.3 is 10.1 Å². The minimum atomic E-state index is 0.219. The Kier molecular flexibility index (Phi) is 7.77. The van der Waals surface area contributed by atoms with Crippen LogP contribution in [-0.4, -0.2) is 20.3 Å². The van der Waals surface area contributed by atoms with Crippen LogP contribution in [0.2, 0.25) is 10.0 Å². The number of rotatable bonds is 8. The second-order valence-corrected chi connectivity index (χ2v) is 5.73. The van der Waals surface area contributed by atoms with Crippen molar-refractivity contribution in [2.24, 2.45) is 5.92 Å². The normalized spacial score (nSPS) is 14.4. The minimum Gasteiger partial charge on any atom is -0.384 e. The van der Waals surface area contributed by atoms with Crippen LogP contribution in [0, 0.1) is 5.92 Å². The van der Waals surface area contributed by atoms with E-state index in [1.807, 2.05) is 18.2 Å². The Labute approximate surface area is 126 Å². The Bertz CT molecular complexity index is 384. The fraction of sp³-hybridized carbons (Fsp3) is 0.600. The van der Waals surface area contributed by atoms with Gasteiger partial charge in [-0.3, -0.25) is 0 Å². The quantitative estimate of drug-likeness (QED) is 0.751. The molecule has 1 rings (SSSR count). The highest BCUT2D eigenvalue weighted by atomic mass is 35.5. The maximum absolute atomic E-state index is 6.32. The van der Waals surface area contributed by atoms with Crippen LogP contribution in [0.1, 0.15) is 38.3 Å². The zero-order valence-electron chi connectivity index (χ0n) is 11.9. The van der Waals surface area contributed by atoms with Crippen LogP contribution in [0.3, 0.4) is 0 Å². The van der Waals surface area contributed by atoms with Crippen molar-refractivity contribution in [3.05, 3.63) is 33.8 Å². The van der Waals surface area contributed by atoms with Crippen molar-refractivity contribution in [2.75, 3.05) is 20.3 Å². The van der Waals surface area contributed by atoms with Gasteiger partial charge >= 0.3 is 0 Å². The highest BCUT2D eigenvalue weighted by Crippen LogP contribution is 2.32. The number of hydrogen-bond acceptors (Lipinski definition) is 2. The maximum atomic E-state index is 6.32. The fourth-order valence-corrected chi connectivity index (χ4v) is 2.62. The minimum absolute atomic E-state index is 0.219. The molecule has 0 spiro atoms. The summed E-state index contributed by atoms with van der Waals surface area (Å²) < 4.78 is 5.21. The summed E-state index contributed by atoms with van der Waals surface area (Å²) in [6.45, 7) is 6.06. The van der Waals surface area contributed by atoms with Gasteiger partial charge in [-0.2, -0.15) is 0 Å². The van der Waals surface area contributed by atoms with E-state index in [4.69, 9.17) is 27.9 Å². The van der Waals surface area contributed by atoms with Gasteiger partial charge in [0.05, 0.1) is 10.0 Å². The van der Waals surface area contributed by atoms with Crippen molar-refractivity contribution in [2.45, 2.75) is 32.7 Å². The number of nitrogens with one attached hydrogen (secondary N) is 1. The largest absolute Gasteiger partial charge is 0.384 e. The summed E-state index contributed by atoms with van der Waals surface area (Å²) in [5.41, 5.74) is 1.07. The summed E-state index contributed by atoms with van der Waals surface area (Å²) in [5, 5.41) is 4.81. The average molecular weight is 304 g/mol. The van der Waals surface area contributed by atoms with E-state index in [1.54, 1.807) is 7.11 Å². The van der Waals surface area contributed by atoms with Crippen LogP contribution in [0.15, 0.2) is 18.2 Å². The van der Waals surface area contributed by atoms with Gasteiger partial charge in [-0.05, 0) is 36.9 Å². The van der Waals surface area contributed by atoms with Crippen LogP contribution >= 0.6 is 23.2 Å². The summed E-state index contributed by atoms with van der Waals surface area (Å²) >= 11 is 12.4. The van der Waals surface area contributed by atoms with Crippen molar-refractivity contribution in [1.82, 2.24) is 5.32 Å². The molecule has 0 amide bonds. The van der Waals surface area contributed by atoms with Crippen molar-refractivity contribution in [3.63, 3.8) is 0 Å². The molecule has 2 unspecified atom stereocenters. The Balaban J connectivity index is 2.85. The third kappa shape index (κ3) is 5.31. The molecule has 2 nitrogen and oxygen atoms in total. The van der Waals surface area contributed by atoms with Gasteiger partial charge in [0.2, 0.25) is 0 Å². The predicted octanol–water partition coefficient (Wildman–Crippen LogP) is 4.71. The SMILES string of the molecule is CCCNC(CC(C)COC)c1cccc(Cl)c1Cl. The number of hydrogen-bond donors (Lipinski definition) is 1. The van der Waals surface area contributed by atoms with Crippen LogP contribution in [0.25, 0.3) is 0 Å². The zero-order chi connectivity index (χ0) is 14.3. The Hall–Kier alpha value is -0.280. The van der Waals surface area contributed by atoms with Crippen LogP contribution in [0.5, 0.6) is 0 Å². The van der Waals surface area contributed by atoms with Gasteiger partial charge in [-0.15, -0.1) is 0 Å². The molecule has 0 fully saturated rings. The van der Waals surface area contributed by atoms with E-state index in [0.29, 0.717) is 16.0 Å². The molecule has 19 heavy (non-hydrogen) atoms. The molecular weight excluding hydrogens is 281 g/mol. The molecule has 0 bridgehead atoms. The molecule has 1 N–H and O–H groups in total. The summed E-state index contributed by atoms with van der Waals surface area (Å²) in [6, 6.07) is 6.03. The molecule has 1 aromatic rings. The first-order valence-electron chi connectivity index (χ1n) is 6.76. The molecule has 0 aromatic heterocycles. The highest BCUT2D eigenvalue weighted by molar-refractivity contribution is 6.42. The average Bonchev–Trinajstić information content (AvgIpc) is 2.38. The first kappa shape index (κ1) is 16.8. The van der Waals surface area contributed by atoms with E-state index in [2.05, 4.69) is 19.2 Å². The molecule has 0 radical (unpaired) electrons. The van der Waals surface area contributed by atoms with E-state index in [-0.39, 0.29) is 6.04 Å². The molecule has 0 heterocycles. The molecule has 0 aliphatic heterocycles. The molecular formula is C15H23Cl2NO. The Morgan fingerprint density at radius 3 is 2.68 bits per heavy atom. The van der Waals surface area contributed by atoms with Gasteiger partial charge in [0.15, 0.2) is 0 Å². The molecule has 0 aliphatic rings. The predicted molar refractivity (Wildman–Crippen MR) is 83.2 cm³/mol. The molecule has 0 aliphatic carbocycles. The van der Waals surface area contributed by atoms with E-state index in [0.717, 1.165) is 31.6 Å². The third-order valence-corrected chi connectivity index (χ3v) is 3.92. The Morgan fingerprint density at radius 1 is 1.32 bits per heavy atom. The first-order chi connectivity index (χ1) is 9.10. The molecule has 1 aromatic carbocycles. The third-order valence-electron chi connectivity index (χ3n) is 3.09. The van der Waals surface area contributed by atoms with Gasteiger partial charge in [0, 0.05) is 19.8 Å². The van der Waals surface area contributed by atoms with Crippen molar-refractivity contribution >= 4 is 23.2 Å². The van der Waals surface area contributed by atoms with E-state index in [1.165, 1.54) is 0 Å². The lowest BCUT2D eigenvalue weighted by molar-refractivity contribution is 0.149. The monoisotopic (exact) mass is 303 g/mol. The van der Waals surface area contributed by atoms with Crippen LogP contribution in [-0.2, 0) is 4.74 Å². The van der Waals surface area contributed by atoms with Crippen LogP contribution in [0.4, 0.5) is 0 Å². The number of halogens is 2. The summed E-state index contributed by atoms with van der Waals surface area (Å²) in [7, 11) is 1.73. The maximum Gasteiger partial charge on any atom is 0.0640 e. The zero-order valence-corrected chi connectivity index (χ0v) is 13.4. The molecule has 108 valence electrons. The smallest absolute Gasteiger partial charge is 0.0640 e. The molecule has 4 heteroatoms. The van der Waals surface area contributed by atoms with E-state index in [9.17, 15) is 0 Å². The number of benzene rings is 1. The topological polar surface area (TPSA) is 21.3 Å². The fourth-order valence-electron chi connectivity index (χ4n) is 2.18. The second kappa shape index (κ2) is 8.80. The first-order valence-corrected chi connectivity index (χ1v) is 7.51.